The van der Waals surface area contributed by atoms with E-state index in [1.807, 2.05) is 54.7 Å². The number of piperidine rings is 3. The van der Waals surface area contributed by atoms with Gasteiger partial charge in [0.15, 0.2) is 0 Å². The Morgan fingerprint density at radius 3 is 2.85 bits per heavy atom. The van der Waals surface area contributed by atoms with Gasteiger partial charge in [0, 0.05) is 27.3 Å². The van der Waals surface area contributed by atoms with Crippen LogP contribution >= 0.6 is 22.6 Å². The quantitative estimate of drug-likeness (QED) is 0.281. The van der Waals surface area contributed by atoms with Crippen LogP contribution in [0.1, 0.15) is 48.2 Å². The number of carbonyl (C=O) groups excluding carboxylic acids is 1. The molecule has 6 heteroatoms. The van der Waals surface area contributed by atoms with Crippen molar-refractivity contribution in [2.75, 3.05) is 20.2 Å². The molecule has 172 valence electrons. The third-order valence-corrected chi connectivity index (χ3v) is 8.06. The summed E-state index contributed by atoms with van der Waals surface area (Å²) in [7, 11) is 1.67. The number of carbonyl (C=O) groups is 1. The molecule has 3 aromatic rings. The number of esters is 1. The normalized spacial score (nSPS) is 25.1. The van der Waals surface area contributed by atoms with Gasteiger partial charge in [-0.2, -0.15) is 0 Å². The van der Waals surface area contributed by atoms with Gasteiger partial charge in [-0.15, -0.1) is 0 Å². The summed E-state index contributed by atoms with van der Waals surface area (Å²) in [4.78, 5) is 20.4. The number of ether oxygens (including phenoxy) is 2. The van der Waals surface area contributed by atoms with Gasteiger partial charge in [-0.1, -0.05) is 19.4 Å². The first-order valence-corrected chi connectivity index (χ1v) is 12.8. The summed E-state index contributed by atoms with van der Waals surface area (Å²) in [6.07, 6.45) is 4.94. The first kappa shape index (κ1) is 22.6. The fourth-order valence-corrected chi connectivity index (χ4v) is 6.17. The van der Waals surface area contributed by atoms with Gasteiger partial charge in [0.2, 0.25) is 0 Å². The van der Waals surface area contributed by atoms with Crippen molar-refractivity contribution >= 4 is 39.5 Å². The average molecular weight is 556 g/mol. The van der Waals surface area contributed by atoms with E-state index < -0.39 is 0 Å². The van der Waals surface area contributed by atoms with E-state index in [1.165, 1.54) is 12.8 Å². The Morgan fingerprint density at radius 1 is 1.24 bits per heavy atom. The van der Waals surface area contributed by atoms with E-state index in [-0.39, 0.29) is 18.1 Å². The van der Waals surface area contributed by atoms with Crippen LogP contribution in [0.4, 0.5) is 0 Å². The van der Waals surface area contributed by atoms with Crippen molar-refractivity contribution in [3.8, 4) is 5.75 Å². The number of hydrogen-bond acceptors (Lipinski definition) is 5. The highest BCUT2D eigenvalue weighted by Gasteiger charge is 2.44. The fourth-order valence-electron chi connectivity index (χ4n) is 5.63. The molecule has 5 atom stereocenters. The molecule has 2 bridgehead atoms. The van der Waals surface area contributed by atoms with Crippen LogP contribution < -0.4 is 4.74 Å². The van der Waals surface area contributed by atoms with E-state index >= 15 is 0 Å². The summed E-state index contributed by atoms with van der Waals surface area (Å²) in [5.41, 5.74) is 2.47. The minimum Gasteiger partial charge on any atom is -0.497 e. The highest BCUT2D eigenvalue weighted by Crippen LogP contribution is 2.44. The van der Waals surface area contributed by atoms with E-state index in [1.54, 1.807) is 7.11 Å². The molecule has 0 aliphatic carbocycles. The summed E-state index contributed by atoms with van der Waals surface area (Å²) < 4.78 is 12.9. The van der Waals surface area contributed by atoms with Crippen LogP contribution in [0, 0.1) is 15.4 Å². The number of halogens is 1. The molecule has 4 heterocycles. The number of fused-ring (bicyclic) bond motifs is 4. The highest BCUT2D eigenvalue weighted by molar-refractivity contribution is 14.1. The molecule has 0 N–H and O–H groups in total. The molecule has 3 unspecified atom stereocenters. The SMILES string of the molecule is CC[C@H]1CN2CCC1C[C@@H]2C(OC(=O)c1cccc(I)c1)c1ccnc2ccc(OC)cc12. The van der Waals surface area contributed by atoms with Crippen molar-refractivity contribution in [2.24, 2.45) is 11.8 Å². The lowest BCUT2D eigenvalue weighted by Crippen LogP contribution is -2.55. The van der Waals surface area contributed by atoms with Crippen LogP contribution in [0.25, 0.3) is 10.9 Å². The van der Waals surface area contributed by atoms with Gasteiger partial charge in [-0.05, 0) is 96.3 Å². The Balaban J connectivity index is 1.56. The summed E-state index contributed by atoms with van der Waals surface area (Å²) >= 11 is 2.23. The van der Waals surface area contributed by atoms with Crippen molar-refractivity contribution in [1.29, 1.82) is 0 Å². The second-order valence-electron chi connectivity index (χ2n) is 9.13. The molecule has 3 aliphatic rings. The maximum atomic E-state index is 13.3. The highest BCUT2D eigenvalue weighted by atomic mass is 127. The third-order valence-electron chi connectivity index (χ3n) is 7.39. The Labute approximate surface area is 208 Å². The lowest BCUT2D eigenvalue weighted by Gasteiger charge is -2.51. The smallest absolute Gasteiger partial charge is 0.338 e. The first-order chi connectivity index (χ1) is 16.1. The lowest BCUT2D eigenvalue weighted by molar-refractivity contribution is -0.0659. The van der Waals surface area contributed by atoms with Crippen molar-refractivity contribution in [1.82, 2.24) is 9.88 Å². The van der Waals surface area contributed by atoms with Gasteiger partial charge in [-0.25, -0.2) is 4.79 Å². The summed E-state index contributed by atoms with van der Waals surface area (Å²) in [6, 6.07) is 15.7. The number of rotatable bonds is 6. The molecule has 1 aromatic heterocycles. The Hall–Kier alpha value is -2.19. The molecule has 2 aromatic carbocycles. The molecule has 0 radical (unpaired) electrons. The van der Waals surface area contributed by atoms with Gasteiger partial charge in [-0.3, -0.25) is 9.88 Å². The molecule has 0 spiro atoms. The lowest BCUT2D eigenvalue weighted by atomic mass is 9.72. The van der Waals surface area contributed by atoms with Crippen molar-refractivity contribution in [3.63, 3.8) is 0 Å². The summed E-state index contributed by atoms with van der Waals surface area (Å²) in [6.45, 7) is 4.43. The predicted octanol–water partition coefficient (Wildman–Crippen LogP) is 5.87. The molecule has 6 rings (SSSR count). The van der Waals surface area contributed by atoms with Gasteiger partial charge >= 0.3 is 5.97 Å². The first-order valence-electron chi connectivity index (χ1n) is 11.7. The second-order valence-corrected chi connectivity index (χ2v) is 10.4. The zero-order valence-corrected chi connectivity index (χ0v) is 21.2. The number of nitrogens with zero attached hydrogens (tertiary/aromatic N) is 2. The molecular formula is C27H29IN2O3. The number of methoxy groups -OCH3 is 1. The minimum atomic E-state index is -0.367. The zero-order chi connectivity index (χ0) is 22.9. The van der Waals surface area contributed by atoms with E-state index in [0.717, 1.165) is 51.2 Å². The number of aromatic nitrogens is 1. The standard InChI is InChI=1S/C27H29IN2O3/c1-3-17-16-30-12-10-18(17)14-25(30)26(33-27(31)19-5-4-6-20(28)13-19)22-9-11-29-24-8-7-21(32-2)15-23(22)24/h4-9,11,13,15,17-18,25-26H,3,10,12,14,16H2,1-2H3/t17-,18?,25+,26?/m0/s1. The molecule has 3 saturated heterocycles. The molecule has 5 nitrogen and oxygen atoms in total. The van der Waals surface area contributed by atoms with Crippen LogP contribution in [-0.2, 0) is 4.74 Å². The van der Waals surface area contributed by atoms with E-state index in [0.29, 0.717) is 11.5 Å². The molecule has 3 aliphatic heterocycles. The van der Waals surface area contributed by atoms with Crippen molar-refractivity contribution in [2.45, 2.75) is 38.3 Å². The molecule has 0 amide bonds. The van der Waals surface area contributed by atoms with Gasteiger partial charge in [0.1, 0.15) is 11.9 Å². The minimum absolute atomic E-state index is 0.162. The Morgan fingerprint density at radius 2 is 2.12 bits per heavy atom. The monoisotopic (exact) mass is 556 g/mol. The maximum absolute atomic E-state index is 13.3. The maximum Gasteiger partial charge on any atom is 0.338 e. The summed E-state index contributed by atoms with van der Waals surface area (Å²) in [5.74, 6) is 1.92. The van der Waals surface area contributed by atoms with Gasteiger partial charge in [0.05, 0.1) is 24.2 Å². The molecular weight excluding hydrogens is 527 g/mol. The number of pyridine rings is 1. The third kappa shape index (κ3) is 4.47. The molecule has 0 saturated carbocycles. The largest absolute Gasteiger partial charge is 0.497 e. The van der Waals surface area contributed by atoms with E-state index in [2.05, 4.69) is 39.4 Å². The van der Waals surface area contributed by atoms with Crippen LogP contribution in [0.5, 0.6) is 5.75 Å². The fraction of sp³-hybridized carbons (Fsp3) is 0.407. The number of hydrogen-bond donors (Lipinski definition) is 0. The molecule has 3 fully saturated rings. The molecule has 33 heavy (non-hydrogen) atoms. The van der Waals surface area contributed by atoms with Gasteiger partial charge < -0.3 is 9.47 Å². The van der Waals surface area contributed by atoms with Crippen LogP contribution in [0.2, 0.25) is 0 Å². The van der Waals surface area contributed by atoms with E-state index in [4.69, 9.17) is 9.47 Å². The Kier molecular flexibility index (Phi) is 6.56. The topological polar surface area (TPSA) is 51.7 Å². The average Bonchev–Trinajstić information content (AvgIpc) is 2.86. The zero-order valence-electron chi connectivity index (χ0n) is 19.0. The van der Waals surface area contributed by atoms with Gasteiger partial charge in [0.25, 0.3) is 0 Å². The number of benzene rings is 2. The van der Waals surface area contributed by atoms with Crippen LogP contribution in [0.15, 0.2) is 54.7 Å². The van der Waals surface area contributed by atoms with Crippen LogP contribution in [0.3, 0.4) is 0 Å². The second kappa shape index (κ2) is 9.58. The van der Waals surface area contributed by atoms with Crippen LogP contribution in [-0.4, -0.2) is 42.1 Å². The van der Waals surface area contributed by atoms with E-state index in [9.17, 15) is 4.79 Å². The summed E-state index contributed by atoms with van der Waals surface area (Å²) in [5, 5.41) is 0.979. The van der Waals surface area contributed by atoms with Crippen molar-refractivity contribution < 1.29 is 14.3 Å². The Bertz CT molecular complexity index is 1170. The predicted molar refractivity (Wildman–Crippen MR) is 137 cm³/mol. The van der Waals surface area contributed by atoms with Crippen molar-refractivity contribution in [3.05, 3.63) is 69.4 Å².